The second-order valence-corrected chi connectivity index (χ2v) is 5.50. The fourth-order valence-electron chi connectivity index (χ4n) is 2.48. The van der Waals surface area contributed by atoms with Gasteiger partial charge in [0.2, 0.25) is 0 Å². The zero-order valence-electron chi connectivity index (χ0n) is 10.4. The van der Waals surface area contributed by atoms with Crippen LogP contribution in [0.15, 0.2) is 18.2 Å². The standard InChI is InChI=1S/C14H19ClFNO/c15-11-6-5-7-12(16)13(11)17-10-14(18)8-3-1-2-4-9-14/h5-7,17-18H,1-4,8-10H2. The Balaban J connectivity index is 2.02. The number of hydrogen-bond donors (Lipinski definition) is 2. The van der Waals surface area contributed by atoms with Gasteiger partial charge in [-0.05, 0) is 25.0 Å². The first kappa shape index (κ1) is 13.6. The minimum absolute atomic E-state index is 0.289. The van der Waals surface area contributed by atoms with Crippen molar-refractivity contribution in [3.8, 4) is 0 Å². The molecule has 1 saturated carbocycles. The molecule has 1 aliphatic rings. The molecule has 0 amide bonds. The van der Waals surface area contributed by atoms with E-state index in [9.17, 15) is 9.50 Å². The highest BCUT2D eigenvalue weighted by molar-refractivity contribution is 6.33. The van der Waals surface area contributed by atoms with Crippen molar-refractivity contribution in [3.05, 3.63) is 29.0 Å². The third kappa shape index (κ3) is 3.36. The molecule has 0 spiro atoms. The first-order valence-corrected chi connectivity index (χ1v) is 6.89. The number of rotatable bonds is 3. The number of halogens is 2. The first-order valence-electron chi connectivity index (χ1n) is 6.51. The van der Waals surface area contributed by atoms with Crippen LogP contribution >= 0.6 is 11.6 Å². The Bertz CT molecular complexity index is 383. The third-order valence-corrected chi connectivity index (χ3v) is 3.91. The van der Waals surface area contributed by atoms with Gasteiger partial charge in [-0.25, -0.2) is 4.39 Å². The van der Waals surface area contributed by atoms with Gasteiger partial charge in [0.25, 0.3) is 0 Å². The predicted molar refractivity (Wildman–Crippen MR) is 72.6 cm³/mol. The Morgan fingerprint density at radius 3 is 2.50 bits per heavy atom. The van der Waals surface area contributed by atoms with Crippen molar-refractivity contribution >= 4 is 17.3 Å². The van der Waals surface area contributed by atoms with Crippen LogP contribution in [0.3, 0.4) is 0 Å². The van der Waals surface area contributed by atoms with Crippen molar-refractivity contribution in [2.24, 2.45) is 0 Å². The molecule has 1 aliphatic carbocycles. The lowest BCUT2D eigenvalue weighted by molar-refractivity contribution is 0.0381. The lowest BCUT2D eigenvalue weighted by atomic mass is 9.94. The zero-order chi connectivity index (χ0) is 13.0. The molecule has 0 atom stereocenters. The van der Waals surface area contributed by atoms with Crippen molar-refractivity contribution < 1.29 is 9.50 Å². The van der Waals surface area contributed by atoms with Gasteiger partial charge in [0.1, 0.15) is 5.82 Å². The summed E-state index contributed by atoms with van der Waals surface area (Å²) in [4.78, 5) is 0. The van der Waals surface area contributed by atoms with Crippen molar-refractivity contribution in [1.29, 1.82) is 0 Å². The van der Waals surface area contributed by atoms with Gasteiger partial charge < -0.3 is 10.4 Å². The van der Waals surface area contributed by atoms with Crippen LogP contribution in [0.1, 0.15) is 38.5 Å². The summed E-state index contributed by atoms with van der Waals surface area (Å²) in [5.74, 6) is -0.375. The second kappa shape index (κ2) is 5.89. The van der Waals surface area contributed by atoms with Crippen LogP contribution in [-0.4, -0.2) is 17.3 Å². The molecule has 2 rings (SSSR count). The maximum absolute atomic E-state index is 13.6. The van der Waals surface area contributed by atoms with E-state index in [1.807, 2.05) is 0 Å². The fraction of sp³-hybridized carbons (Fsp3) is 0.571. The van der Waals surface area contributed by atoms with Gasteiger partial charge in [-0.2, -0.15) is 0 Å². The average Bonchev–Trinajstić information content (AvgIpc) is 2.54. The van der Waals surface area contributed by atoms with E-state index in [1.54, 1.807) is 12.1 Å². The summed E-state index contributed by atoms with van der Waals surface area (Å²) in [6, 6.07) is 4.58. The molecule has 0 bridgehead atoms. The molecule has 0 saturated heterocycles. The quantitative estimate of drug-likeness (QED) is 0.815. The van der Waals surface area contributed by atoms with E-state index in [-0.39, 0.29) is 11.5 Å². The monoisotopic (exact) mass is 271 g/mol. The molecule has 1 aromatic rings. The summed E-state index contributed by atoms with van der Waals surface area (Å²) >= 11 is 5.94. The highest BCUT2D eigenvalue weighted by Crippen LogP contribution is 2.29. The lowest BCUT2D eigenvalue weighted by Crippen LogP contribution is -2.36. The number of aliphatic hydroxyl groups is 1. The van der Waals surface area contributed by atoms with Crippen LogP contribution in [0.2, 0.25) is 5.02 Å². The van der Waals surface area contributed by atoms with Gasteiger partial charge in [0, 0.05) is 6.54 Å². The summed E-state index contributed by atoms with van der Waals surface area (Å²) in [5.41, 5.74) is -0.445. The highest BCUT2D eigenvalue weighted by Gasteiger charge is 2.28. The molecule has 0 radical (unpaired) electrons. The molecule has 4 heteroatoms. The molecular formula is C14H19ClFNO. The van der Waals surface area contributed by atoms with Crippen LogP contribution in [0, 0.1) is 5.82 Å². The molecule has 0 unspecified atom stereocenters. The highest BCUT2D eigenvalue weighted by atomic mass is 35.5. The number of nitrogens with one attached hydrogen (secondary N) is 1. The van der Waals surface area contributed by atoms with Crippen LogP contribution < -0.4 is 5.32 Å². The van der Waals surface area contributed by atoms with Crippen molar-refractivity contribution in [3.63, 3.8) is 0 Å². The molecule has 100 valence electrons. The van der Waals surface area contributed by atoms with E-state index in [0.717, 1.165) is 25.7 Å². The number of para-hydroxylation sites is 1. The van der Waals surface area contributed by atoms with Gasteiger partial charge in [-0.1, -0.05) is 43.4 Å². The van der Waals surface area contributed by atoms with Crippen molar-refractivity contribution in [2.75, 3.05) is 11.9 Å². The summed E-state index contributed by atoms with van der Waals surface area (Å²) in [7, 11) is 0. The van der Waals surface area contributed by atoms with E-state index < -0.39 is 5.60 Å². The van der Waals surface area contributed by atoms with Gasteiger partial charge in [-0.15, -0.1) is 0 Å². The smallest absolute Gasteiger partial charge is 0.147 e. The molecule has 0 aromatic heterocycles. The minimum atomic E-state index is -0.734. The Morgan fingerprint density at radius 1 is 1.22 bits per heavy atom. The van der Waals surface area contributed by atoms with Crippen molar-refractivity contribution in [2.45, 2.75) is 44.1 Å². The Labute approximate surface area is 112 Å². The molecule has 0 heterocycles. The van der Waals surface area contributed by atoms with E-state index >= 15 is 0 Å². The summed E-state index contributed by atoms with van der Waals surface area (Å²) < 4.78 is 13.6. The predicted octanol–water partition coefficient (Wildman–Crippen LogP) is 3.98. The normalized spacial score (nSPS) is 19.3. The SMILES string of the molecule is OC1(CNc2c(F)cccc2Cl)CCCCCC1. The van der Waals surface area contributed by atoms with E-state index in [4.69, 9.17) is 11.6 Å². The molecular weight excluding hydrogens is 253 g/mol. The molecule has 18 heavy (non-hydrogen) atoms. The summed E-state index contributed by atoms with van der Waals surface area (Å²) in [6.07, 6.45) is 5.94. The average molecular weight is 272 g/mol. The molecule has 0 aliphatic heterocycles. The van der Waals surface area contributed by atoms with Gasteiger partial charge in [0.15, 0.2) is 0 Å². The first-order chi connectivity index (χ1) is 8.61. The van der Waals surface area contributed by atoms with E-state index in [2.05, 4.69) is 5.32 Å². The third-order valence-electron chi connectivity index (χ3n) is 3.59. The number of hydrogen-bond acceptors (Lipinski definition) is 2. The van der Waals surface area contributed by atoms with E-state index in [0.29, 0.717) is 11.6 Å². The maximum Gasteiger partial charge on any atom is 0.147 e. The van der Waals surface area contributed by atoms with Gasteiger partial charge >= 0.3 is 0 Å². The summed E-state index contributed by atoms with van der Waals surface area (Å²) in [6.45, 7) is 0.355. The van der Waals surface area contributed by atoms with Crippen molar-refractivity contribution in [1.82, 2.24) is 0 Å². The van der Waals surface area contributed by atoms with Gasteiger partial charge in [-0.3, -0.25) is 0 Å². The topological polar surface area (TPSA) is 32.3 Å². The molecule has 1 aromatic carbocycles. The number of benzene rings is 1. The number of anilines is 1. The Kier molecular flexibility index (Phi) is 4.46. The van der Waals surface area contributed by atoms with Crippen LogP contribution in [0.25, 0.3) is 0 Å². The maximum atomic E-state index is 13.6. The van der Waals surface area contributed by atoms with Crippen LogP contribution in [-0.2, 0) is 0 Å². The lowest BCUT2D eigenvalue weighted by Gasteiger charge is -2.27. The minimum Gasteiger partial charge on any atom is -0.388 e. The molecule has 2 nitrogen and oxygen atoms in total. The Morgan fingerprint density at radius 2 is 1.89 bits per heavy atom. The van der Waals surface area contributed by atoms with E-state index in [1.165, 1.54) is 18.9 Å². The Hall–Kier alpha value is -0.800. The largest absolute Gasteiger partial charge is 0.388 e. The zero-order valence-corrected chi connectivity index (χ0v) is 11.1. The molecule has 1 fully saturated rings. The summed E-state index contributed by atoms with van der Waals surface area (Å²) in [5, 5.41) is 13.8. The second-order valence-electron chi connectivity index (χ2n) is 5.09. The van der Waals surface area contributed by atoms with Gasteiger partial charge in [0.05, 0.1) is 16.3 Å². The van der Waals surface area contributed by atoms with Crippen LogP contribution in [0.4, 0.5) is 10.1 Å². The van der Waals surface area contributed by atoms with Crippen LogP contribution in [0.5, 0.6) is 0 Å². The fourth-order valence-corrected chi connectivity index (χ4v) is 2.71. The molecule has 2 N–H and O–H groups in total.